The van der Waals surface area contributed by atoms with Crippen molar-refractivity contribution in [2.45, 2.75) is 0 Å². The first kappa shape index (κ1) is 16.5. The Labute approximate surface area is 145 Å². The standard InChI is InChI=1S/C18H20N2O3S/c21-18(22)16-13-14(19-7-1-3-15-4-2-12-24-15)5-6-17(16)20-8-10-23-11-9-20/h1-6,12-13,19H,7-11H2,(H,21,22)/b3-1+. The van der Waals surface area contributed by atoms with Gasteiger partial charge in [-0.3, -0.25) is 0 Å². The summed E-state index contributed by atoms with van der Waals surface area (Å²) in [6.07, 6.45) is 4.08. The van der Waals surface area contributed by atoms with E-state index in [-0.39, 0.29) is 0 Å². The Balaban J connectivity index is 1.68. The fourth-order valence-corrected chi connectivity index (χ4v) is 3.28. The molecule has 0 amide bonds. The molecule has 1 aliphatic heterocycles. The fraction of sp³-hybridized carbons (Fsp3) is 0.278. The summed E-state index contributed by atoms with van der Waals surface area (Å²) < 4.78 is 5.33. The zero-order chi connectivity index (χ0) is 16.8. The molecule has 1 saturated heterocycles. The number of hydrogen-bond donors (Lipinski definition) is 2. The molecule has 24 heavy (non-hydrogen) atoms. The molecule has 126 valence electrons. The number of carboxylic acids is 1. The lowest BCUT2D eigenvalue weighted by Gasteiger charge is -2.30. The average Bonchev–Trinajstić information content (AvgIpc) is 3.13. The van der Waals surface area contributed by atoms with Gasteiger partial charge in [-0.05, 0) is 35.7 Å². The molecule has 0 saturated carbocycles. The van der Waals surface area contributed by atoms with Crippen LogP contribution >= 0.6 is 11.3 Å². The van der Waals surface area contributed by atoms with Crippen molar-refractivity contribution in [1.29, 1.82) is 0 Å². The molecule has 2 aromatic rings. The van der Waals surface area contributed by atoms with E-state index in [4.69, 9.17) is 4.74 Å². The lowest BCUT2D eigenvalue weighted by Crippen LogP contribution is -2.37. The van der Waals surface area contributed by atoms with E-state index in [1.165, 1.54) is 4.88 Å². The first-order valence-electron chi connectivity index (χ1n) is 7.88. The summed E-state index contributed by atoms with van der Waals surface area (Å²) in [6.45, 7) is 3.35. The van der Waals surface area contributed by atoms with E-state index < -0.39 is 5.97 Å². The van der Waals surface area contributed by atoms with Crippen molar-refractivity contribution in [3.8, 4) is 0 Å². The molecule has 5 nitrogen and oxygen atoms in total. The average molecular weight is 344 g/mol. The van der Waals surface area contributed by atoms with Gasteiger partial charge in [0.05, 0.1) is 24.5 Å². The molecule has 2 N–H and O–H groups in total. The van der Waals surface area contributed by atoms with Crippen LogP contribution in [0, 0.1) is 0 Å². The van der Waals surface area contributed by atoms with E-state index in [1.807, 2.05) is 29.7 Å². The van der Waals surface area contributed by atoms with Gasteiger partial charge in [-0.2, -0.15) is 0 Å². The molecule has 0 spiro atoms. The number of ether oxygens (including phenoxy) is 1. The monoisotopic (exact) mass is 344 g/mol. The minimum Gasteiger partial charge on any atom is -0.478 e. The van der Waals surface area contributed by atoms with Crippen molar-refractivity contribution in [3.63, 3.8) is 0 Å². The van der Waals surface area contributed by atoms with Gasteiger partial charge in [-0.1, -0.05) is 12.1 Å². The molecular formula is C18H20N2O3S. The van der Waals surface area contributed by atoms with Crippen LogP contribution in [0.2, 0.25) is 0 Å². The van der Waals surface area contributed by atoms with E-state index in [1.54, 1.807) is 17.4 Å². The Morgan fingerprint density at radius 2 is 2.17 bits per heavy atom. The molecule has 0 atom stereocenters. The Hall–Kier alpha value is -2.31. The van der Waals surface area contributed by atoms with E-state index in [0.717, 1.165) is 24.5 Å². The maximum Gasteiger partial charge on any atom is 0.337 e. The Kier molecular flexibility index (Phi) is 5.51. The molecule has 2 heterocycles. The molecule has 3 rings (SSSR count). The highest BCUT2D eigenvalue weighted by Gasteiger charge is 2.18. The number of benzene rings is 1. The maximum absolute atomic E-state index is 11.6. The molecule has 1 fully saturated rings. The van der Waals surface area contributed by atoms with Crippen LogP contribution in [0.1, 0.15) is 15.2 Å². The van der Waals surface area contributed by atoms with Gasteiger partial charge >= 0.3 is 5.97 Å². The van der Waals surface area contributed by atoms with Crippen LogP contribution in [-0.2, 0) is 4.74 Å². The molecule has 1 aliphatic rings. The zero-order valence-corrected chi connectivity index (χ0v) is 14.1. The van der Waals surface area contributed by atoms with Crippen LogP contribution in [0.5, 0.6) is 0 Å². The molecule has 6 heteroatoms. The smallest absolute Gasteiger partial charge is 0.337 e. The lowest BCUT2D eigenvalue weighted by atomic mass is 10.1. The predicted octanol–water partition coefficient (Wildman–Crippen LogP) is 3.41. The second kappa shape index (κ2) is 7.99. The van der Waals surface area contributed by atoms with Crippen LogP contribution in [0.3, 0.4) is 0 Å². The SMILES string of the molecule is O=C(O)c1cc(NC/C=C/c2cccs2)ccc1N1CCOCC1. The number of hydrogen-bond acceptors (Lipinski definition) is 5. The summed E-state index contributed by atoms with van der Waals surface area (Å²) in [5, 5.41) is 14.8. The minimum atomic E-state index is -0.908. The van der Waals surface area contributed by atoms with E-state index >= 15 is 0 Å². The maximum atomic E-state index is 11.6. The Morgan fingerprint density at radius 3 is 2.88 bits per heavy atom. The predicted molar refractivity (Wildman–Crippen MR) is 98.3 cm³/mol. The number of nitrogens with one attached hydrogen (secondary N) is 1. The first-order chi connectivity index (χ1) is 11.7. The summed E-state index contributed by atoms with van der Waals surface area (Å²) in [5.74, 6) is -0.908. The number of carbonyl (C=O) groups is 1. The number of carboxylic acid groups (broad SMARTS) is 1. The normalized spacial score (nSPS) is 14.9. The number of morpholine rings is 1. The molecule has 1 aromatic carbocycles. The van der Waals surface area contributed by atoms with E-state index in [2.05, 4.69) is 22.4 Å². The van der Waals surface area contributed by atoms with Gasteiger partial charge in [-0.15, -0.1) is 11.3 Å². The summed E-state index contributed by atoms with van der Waals surface area (Å²) in [5.41, 5.74) is 1.88. The molecule has 0 bridgehead atoms. The van der Waals surface area contributed by atoms with Gasteiger partial charge in [0.1, 0.15) is 0 Å². The number of rotatable bonds is 6. The van der Waals surface area contributed by atoms with Crippen molar-refractivity contribution in [3.05, 3.63) is 52.2 Å². The summed E-state index contributed by atoms with van der Waals surface area (Å²) in [7, 11) is 0. The second-order valence-corrected chi connectivity index (χ2v) is 6.41. The molecule has 0 unspecified atom stereocenters. The fourth-order valence-electron chi connectivity index (χ4n) is 2.64. The first-order valence-corrected chi connectivity index (χ1v) is 8.76. The van der Waals surface area contributed by atoms with Crippen molar-refractivity contribution >= 4 is 34.8 Å². The molecule has 0 aliphatic carbocycles. The number of thiophene rings is 1. The highest BCUT2D eigenvalue weighted by Crippen LogP contribution is 2.25. The Morgan fingerprint density at radius 1 is 1.33 bits per heavy atom. The quantitative estimate of drug-likeness (QED) is 0.841. The lowest BCUT2D eigenvalue weighted by molar-refractivity contribution is 0.0696. The third kappa shape index (κ3) is 4.15. The van der Waals surface area contributed by atoms with Gasteiger partial charge in [0.2, 0.25) is 0 Å². The third-order valence-corrected chi connectivity index (χ3v) is 4.67. The van der Waals surface area contributed by atoms with Gasteiger partial charge < -0.3 is 20.1 Å². The summed E-state index contributed by atoms with van der Waals surface area (Å²) in [4.78, 5) is 14.9. The summed E-state index contributed by atoms with van der Waals surface area (Å²) in [6, 6.07) is 9.57. The topological polar surface area (TPSA) is 61.8 Å². The number of anilines is 2. The molecule has 0 radical (unpaired) electrons. The number of aromatic carboxylic acids is 1. The largest absolute Gasteiger partial charge is 0.478 e. The van der Waals surface area contributed by atoms with Gasteiger partial charge in [0.15, 0.2) is 0 Å². The highest BCUT2D eigenvalue weighted by atomic mass is 32.1. The highest BCUT2D eigenvalue weighted by molar-refractivity contribution is 7.10. The molecular weight excluding hydrogens is 324 g/mol. The van der Waals surface area contributed by atoms with Crippen LogP contribution in [0.4, 0.5) is 11.4 Å². The van der Waals surface area contributed by atoms with Crippen LogP contribution < -0.4 is 10.2 Å². The van der Waals surface area contributed by atoms with Gasteiger partial charge in [0, 0.05) is 30.2 Å². The minimum absolute atomic E-state index is 0.323. The van der Waals surface area contributed by atoms with Crippen LogP contribution in [0.25, 0.3) is 6.08 Å². The van der Waals surface area contributed by atoms with Crippen molar-refractivity contribution in [2.75, 3.05) is 43.1 Å². The van der Waals surface area contributed by atoms with Crippen LogP contribution in [-0.4, -0.2) is 43.9 Å². The van der Waals surface area contributed by atoms with Crippen molar-refractivity contribution < 1.29 is 14.6 Å². The third-order valence-electron chi connectivity index (χ3n) is 3.83. The van der Waals surface area contributed by atoms with E-state index in [0.29, 0.717) is 25.3 Å². The molecule has 1 aromatic heterocycles. The number of nitrogens with zero attached hydrogens (tertiary/aromatic N) is 1. The van der Waals surface area contributed by atoms with Crippen molar-refractivity contribution in [1.82, 2.24) is 0 Å². The van der Waals surface area contributed by atoms with Crippen LogP contribution in [0.15, 0.2) is 41.8 Å². The summed E-state index contributed by atoms with van der Waals surface area (Å²) >= 11 is 1.69. The second-order valence-electron chi connectivity index (χ2n) is 5.44. The van der Waals surface area contributed by atoms with E-state index in [9.17, 15) is 9.90 Å². The zero-order valence-electron chi connectivity index (χ0n) is 13.3. The van der Waals surface area contributed by atoms with Gasteiger partial charge in [-0.25, -0.2) is 4.79 Å². The van der Waals surface area contributed by atoms with Gasteiger partial charge in [0.25, 0.3) is 0 Å². The Bertz CT molecular complexity index is 707. The van der Waals surface area contributed by atoms with Crippen molar-refractivity contribution in [2.24, 2.45) is 0 Å².